The third kappa shape index (κ3) is 4.45. The number of hydrogen-bond donors (Lipinski definition) is 1. The highest BCUT2D eigenvalue weighted by Crippen LogP contribution is 2.29. The third-order valence-corrected chi connectivity index (χ3v) is 6.26. The number of nitrogens with zero attached hydrogens (tertiary/aromatic N) is 2. The number of rotatable bonds is 4. The van der Waals surface area contributed by atoms with E-state index >= 15 is 0 Å². The molecule has 7 heteroatoms. The van der Waals surface area contributed by atoms with Gasteiger partial charge in [-0.1, -0.05) is 31.4 Å². The van der Waals surface area contributed by atoms with E-state index in [0.717, 1.165) is 25.7 Å². The Balaban J connectivity index is 1.42. The molecule has 1 aromatic rings. The Hall–Kier alpha value is -2.41. The van der Waals surface area contributed by atoms with E-state index in [1.54, 1.807) is 29.2 Å². The van der Waals surface area contributed by atoms with Gasteiger partial charge in [0.05, 0.1) is 30.4 Å². The number of likely N-dealkylation sites (tertiary alicyclic amines) is 1. The van der Waals surface area contributed by atoms with E-state index in [2.05, 4.69) is 5.32 Å². The maximum Gasteiger partial charge on any atom is 0.256 e. The van der Waals surface area contributed by atoms with E-state index in [-0.39, 0.29) is 36.1 Å². The summed E-state index contributed by atoms with van der Waals surface area (Å²) >= 11 is 0. The minimum absolute atomic E-state index is 0.0785. The van der Waals surface area contributed by atoms with Crippen molar-refractivity contribution in [3.8, 4) is 0 Å². The molecule has 1 saturated carbocycles. The van der Waals surface area contributed by atoms with Gasteiger partial charge in [0.2, 0.25) is 11.8 Å². The number of anilines is 1. The Morgan fingerprint density at radius 1 is 1.03 bits per heavy atom. The molecule has 3 aliphatic rings. The van der Waals surface area contributed by atoms with Gasteiger partial charge in [-0.2, -0.15) is 0 Å². The van der Waals surface area contributed by atoms with Gasteiger partial charge in [0.1, 0.15) is 0 Å². The minimum Gasteiger partial charge on any atom is -0.378 e. The first kappa shape index (κ1) is 19.9. The number of carbonyl (C=O) groups excluding carboxylic acids is 3. The molecular formula is C22H29N3O4. The second kappa shape index (κ2) is 8.95. The Morgan fingerprint density at radius 2 is 1.76 bits per heavy atom. The highest BCUT2D eigenvalue weighted by atomic mass is 16.5. The number of hydrogen-bond acceptors (Lipinski definition) is 4. The minimum atomic E-state index is -0.365. The zero-order valence-corrected chi connectivity index (χ0v) is 16.8. The van der Waals surface area contributed by atoms with Crippen molar-refractivity contribution >= 4 is 23.4 Å². The molecule has 2 saturated heterocycles. The molecule has 2 heterocycles. The molecule has 0 radical (unpaired) electrons. The lowest BCUT2D eigenvalue weighted by Gasteiger charge is -2.31. The van der Waals surface area contributed by atoms with Gasteiger partial charge >= 0.3 is 0 Å². The van der Waals surface area contributed by atoms with Gasteiger partial charge in [-0.25, -0.2) is 0 Å². The molecule has 0 spiro atoms. The van der Waals surface area contributed by atoms with E-state index in [1.165, 1.54) is 6.42 Å². The fraction of sp³-hybridized carbons (Fsp3) is 0.591. The summed E-state index contributed by atoms with van der Waals surface area (Å²) in [5.41, 5.74) is 0.994. The molecule has 7 nitrogen and oxygen atoms in total. The molecule has 1 aromatic carbocycles. The van der Waals surface area contributed by atoms with Crippen LogP contribution in [0.3, 0.4) is 0 Å². The molecule has 1 N–H and O–H groups in total. The predicted octanol–water partition coefficient (Wildman–Crippen LogP) is 2.28. The summed E-state index contributed by atoms with van der Waals surface area (Å²) in [4.78, 5) is 42.0. The van der Waals surface area contributed by atoms with Crippen molar-refractivity contribution in [1.82, 2.24) is 9.80 Å². The molecule has 1 atom stereocenters. The number of amides is 3. The Kier molecular flexibility index (Phi) is 6.13. The van der Waals surface area contributed by atoms with E-state index in [9.17, 15) is 14.4 Å². The van der Waals surface area contributed by atoms with E-state index in [4.69, 9.17) is 4.74 Å². The number of ether oxygens (including phenoxy) is 1. The first-order valence-corrected chi connectivity index (χ1v) is 10.7. The van der Waals surface area contributed by atoms with Crippen LogP contribution in [-0.2, 0) is 14.3 Å². The molecule has 3 fully saturated rings. The molecule has 1 aliphatic carbocycles. The van der Waals surface area contributed by atoms with Crippen LogP contribution in [0.5, 0.6) is 0 Å². The smallest absolute Gasteiger partial charge is 0.256 e. The molecule has 0 aromatic heterocycles. The molecule has 29 heavy (non-hydrogen) atoms. The summed E-state index contributed by atoms with van der Waals surface area (Å²) in [7, 11) is 0. The van der Waals surface area contributed by atoms with Gasteiger partial charge in [0, 0.05) is 32.1 Å². The number of nitrogens with one attached hydrogen (secondary N) is 1. The summed E-state index contributed by atoms with van der Waals surface area (Å²) < 4.78 is 5.32. The number of para-hydroxylation sites is 1. The zero-order valence-electron chi connectivity index (χ0n) is 16.8. The van der Waals surface area contributed by atoms with Crippen molar-refractivity contribution in [3.05, 3.63) is 29.8 Å². The lowest BCUT2D eigenvalue weighted by Crippen LogP contribution is -2.41. The van der Waals surface area contributed by atoms with Crippen molar-refractivity contribution < 1.29 is 19.1 Å². The van der Waals surface area contributed by atoms with Crippen LogP contribution in [0.25, 0.3) is 0 Å². The lowest BCUT2D eigenvalue weighted by atomic mass is 9.94. The monoisotopic (exact) mass is 399 g/mol. The highest BCUT2D eigenvalue weighted by molar-refractivity contribution is 6.05. The van der Waals surface area contributed by atoms with Crippen molar-refractivity contribution in [2.45, 2.75) is 44.6 Å². The normalized spacial score (nSPS) is 23.3. The standard InChI is InChI=1S/C22H29N3O4/c26-20-14-16(15-25(20)17-6-2-1-3-7-17)21(27)23-19-9-5-4-8-18(19)22(28)24-10-12-29-13-11-24/h4-5,8-9,16-17H,1-3,6-7,10-15H2,(H,23,27). The highest BCUT2D eigenvalue weighted by Gasteiger charge is 2.38. The van der Waals surface area contributed by atoms with Crippen LogP contribution in [-0.4, -0.2) is 66.4 Å². The van der Waals surface area contributed by atoms with Crippen molar-refractivity contribution in [3.63, 3.8) is 0 Å². The van der Waals surface area contributed by atoms with E-state index in [1.807, 2.05) is 4.90 Å². The van der Waals surface area contributed by atoms with Crippen LogP contribution in [0, 0.1) is 5.92 Å². The second-order valence-electron chi connectivity index (χ2n) is 8.18. The summed E-state index contributed by atoms with van der Waals surface area (Å²) in [6, 6.07) is 7.37. The molecule has 1 unspecified atom stereocenters. The van der Waals surface area contributed by atoms with E-state index in [0.29, 0.717) is 44.1 Å². The van der Waals surface area contributed by atoms with Gasteiger partial charge in [-0.15, -0.1) is 0 Å². The quantitative estimate of drug-likeness (QED) is 0.843. The second-order valence-corrected chi connectivity index (χ2v) is 8.18. The van der Waals surface area contributed by atoms with Crippen molar-refractivity contribution in [2.24, 2.45) is 5.92 Å². The van der Waals surface area contributed by atoms with Crippen LogP contribution >= 0.6 is 0 Å². The van der Waals surface area contributed by atoms with Crippen molar-refractivity contribution in [2.75, 3.05) is 38.2 Å². The van der Waals surface area contributed by atoms with E-state index < -0.39 is 0 Å². The van der Waals surface area contributed by atoms with Crippen LogP contribution in [0.4, 0.5) is 5.69 Å². The van der Waals surface area contributed by atoms with Gasteiger partial charge < -0.3 is 19.9 Å². The molecule has 4 rings (SSSR count). The summed E-state index contributed by atoms with van der Waals surface area (Å²) in [6.45, 7) is 2.64. The Morgan fingerprint density at radius 3 is 2.52 bits per heavy atom. The van der Waals surface area contributed by atoms with Crippen molar-refractivity contribution in [1.29, 1.82) is 0 Å². The average molecular weight is 399 g/mol. The average Bonchev–Trinajstić information content (AvgIpc) is 3.17. The SMILES string of the molecule is O=C(Nc1ccccc1C(=O)N1CCOCC1)C1CC(=O)N(C2CCCCC2)C1. The molecule has 0 bridgehead atoms. The topological polar surface area (TPSA) is 79.0 Å². The fourth-order valence-electron chi connectivity index (χ4n) is 4.60. The molecule has 3 amide bonds. The third-order valence-electron chi connectivity index (χ3n) is 6.26. The van der Waals surface area contributed by atoms with Crippen LogP contribution in [0.2, 0.25) is 0 Å². The van der Waals surface area contributed by atoms with Gasteiger partial charge in [0.15, 0.2) is 0 Å². The summed E-state index contributed by atoms with van der Waals surface area (Å²) in [6.07, 6.45) is 5.87. The summed E-state index contributed by atoms with van der Waals surface area (Å²) in [5.74, 6) is -0.569. The number of benzene rings is 1. The predicted molar refractivity (Wildman–Crippen MR) is 108 cm³/mol. The molecule has 2 aliphatic heterocycles. The number of morpholine rings is 1. The van der Waals surface area contributed by atoms with Gasteiger partial charge in [-0.05, 0) is 25.0 Å². The first-order valence-electron chi connectivity index (χ1n) is 10.7. The van der Waals surface area contributed by atoms with Gasteiger partial charge in [-0.3, -0.25) is 14.4 Å². The Bertz CT molecular complexity index is 769. The summed E-state index contributed by atoms with van der Waals surface area (Å²) in [5, 5.41) is 2.92. The molecule has 156 valence electrons. The van der Waals surface area contributed by atoms with Crippen LogP contribution < -0.4 is 5.32 Å². The fourth-order valence-corrected chi connectivity index (χ4v) is 4.60. The largest absolute Gasteiger partial charge is 0.378 e. The Labute approximate surface area is 171 Å². The van der Waals surface area contributed by atoms with Gasteiger partial charge in [0.25, 0.3) is 5.91 Å². The van der Waals surface area contributed by atoms with Crippen LogP contribution in [0.15, 0.2) is 24.3 Å². The maximum atomic E-state index is 12.9. The zero-order chi connectivity index (χ0) is 20.2. The lowest BCUT2D eigenvalue weighted by molar-refractivity contribution is -0.130. The van der Waals surface area contributed by atoms with Crippen LogP contribution in [0.1, 0.15) is 48.9 Å². The maximum absolute atomic E-state index is 12.9. The molecular weight excluding hydrogens is 370 g/mol. The first-order chi connectivity index (χ1) is 14.1. The number of carbonyl (C=O) groups is 3.